The highest BCUT2D eigenvalue weighted by atomic mass is 32.2. The van der Waals surface area contributed by atoms with Crippen LogP contribution in [-0.4, -0.2) is 27.2 Å². The minimum Gasteiger partial charge on any atom is -0.399 e. The smallest absolute Gasteiger partial charge is 0.185 e. The van der Waals surface area contributed by atoms with Crippen molar-refractivity contribution in [2.75, 3.05) is 11.5 Å². The van der Waals surface area contributed by atoms with Gasteiger partial charge in [0.2, 0.25) is 0 Å². The Hall–Kier alpha value is -1.04. The van der Waals surface area contributed by atoms with E-state index in [-0.39, 0.29) is 10.9 Å². The van der Waals surface area contributed by atoms with E-state index in [0.717, 1.165) is 22.9 Å². The van der Waals surface area contributed by atoms with Gasteiger partial charge < -0.3 is 15.9 Å². The van der Waals surface area contributed by atoms with Crippen LogP contribution in [0.3, 0.4) is 0 Å². The molecule has 0 heterocycles. The molecular formula is C13H19NO3S. The monoisotopic (exact) mass is 269 g/mol. The number of aliphatic hydroxyl groups excluding tert-OH is 2. The molecule has 0 fully saturated rings. The SMILES string of the molecule is CC(=O)SCC(O)C(O)c1ccc(N)c(C)c1C. The summed E-state index contributed by atoms with van der Waals surface area (Å²) in [5, 5.41) is 19.9. The van der Waals surface area contributed by atoms with Gasteiger partial charge in [-0.15, -0.1) is 0 Å². The molecule has 0 saturated carbocycles. The fraction of sp³-hybridized carbons (Fsp3) is 0.462. The van der Waals surface area contributed by atoms with Crippen molar-refractivity contribution in [2.45, 2.75) is 33.0 Å². The van der Waals surface area contributed by atoms with Crippen molar-refractivity contribution >= 4 is 22.6 Å². The van der Waals surface area contributed by atoms with Crippen LogP contribution in [0.1, 0.15) is 29.7 Å². The number of anilines is 1. The van der Waals surface area contributed by atoms with Crippen molar-refractivity contribution in [2.24, 2.45) is 0 Å². The van der Waals surface area contributed by atoms with E-state index < -0.39 is 12.2 Å². The molecule has 1 aromatic rings. The molecule has 2 atom stereocenters. The maximum absolute atomic E-state index is 10.8. The van der Waals surface area contributed by atoms with Crippen molar-refractivity contribution in [3.05, 3.63) is 28.8 Å². The molecule has 0 saturated heterocycles. The molecule has 0 aromatic heterocycles. The van der Waals surface area contributed by atoms with Crippen molar-refractivity contribution in [3.63, 3.8) is 0 Å². The molecule has 0 aliphatic heterocycles. The van der Waals surface area contributed by atoms with Gasteiger partial charge in [0.1, 0.15) is 6.10 Å². The molecule has 4 nitrogen and oxygen atoms in total. The molecule has 0 bridgehead atoms. The Morgan fingerprint density at radius 2 is 1.94 bits per heavy atom. The van der Waals surface area contributed by atoms with Crippen molar-refractivity contribution in [1.29, 1.82) is 0 Å². The normalized spacial score (nSPS) is 14.3. The molecular weight excluding hydrogens is 250 g/mol. The van der Waals surface area contributed by atoms with Crippen molar-refractivity contribution in [1.82, 2.24) is 0 Å². The van der Waals surface area contributed by atoms with Crippen LogP contribution in [0.5, 0.6) is 0 Å². The molecule has 4 N–H and O–H groups in total. The molecule has 1 rings (SSSR count). The van der Waals surface area contributed by atoms with Crippen LogP contribution in [0.2, 0.25) is 0 Å². The zero-order valence-electron chi connectivity index (χ0n) is 10.8. The second-order valence-electron chi connectivity index (χ2n) is 4.31. The van der Waals surface area contributed by atoms with Gasteiger partial charge in [-0.1, -0.05) is 17.8 Å². The van der Waals surface area contributed by atoms with Crippen molar-refractivity contribution < 1.29 is 15.0 Å². The fourth-order valence-electron chi connectivity index (χ4n) is 1.68. The Balaban J connectivity index is 2.86. The Kier molecular flexibility index (Phi) is 5.19. The number of nitrogen functional groups attached to an aromatic ring is 1. The Morgan fingerprint density at radius 3 is 2.50 bits per heavy atom. The van der Waals surface area contributed by atoms with E-state index in [2.05, 4.69) is 0 Å². The Bertz CT molecular complexity index is 448. The molecule has 0 aliphatic rings. The molecule has 0 amide bonds. The topological polar surface area (TPSA) is 83.5 Å². The van der Waals surface area contributed by atoms with Gasteiger partial charge in [0.25, 0.3) is 0 Å². The predicted molar refractivity (Wildman–Crippen MR) is 74.4 cm³/mol. The zero-order valence-corrected chi connectivity index (χ0v) is 11.6. The van der Waals surface area contributed by atoms with Gasteiger partial charge in [-0.05, 0) is 36.6 Å². The average molecular weight is 269 g/mol. The third-order valence-electron chi connectivity index (χ3n) is 3.01. The average Bonchev–Trinajstić information content (AvgIpc) is 2.32. The molecule has 5 heteroatoms. The first-order valence-corrected chi connectivity index (χ1v) is 6.68. The number of carbonyl (C=O) groups is 1. The molecule has 18 heavy (non-hydrogen) atoms. The van der Waals surface area contributed by atoms with E-state index in [0.29, 0.717) is 11.3 Å². The van der Waals surface area contributed by atoms with Gasteiger partial charge in [-0.2, -0.15) is 0 Å². The summed E-state index contributed by atoms with van der Waals surface area (Å²) >= 11 is 1.00. The van der Waals surface area contributed by atoms with Crippen LogP contribution >= 0.6 is 11.8 Å². The maximum Gasteiger partial charge on any atom is 0.185 e. The lowest BCUT2D eigenvalue weighted by atomic mass is 9.95. The predicted octanol–water partition coefficient (Wildman–Crippen LogP) is 1.56. The number of aliphatic hydroxyl groups is 2. The van der Waals surface area contributed by atoms with E-state index in [1.54, 1.807) is 12.1 Å². The van der Waals surface area contributed by atoms with Crippen LogP contribution in [-0.2, 0) is 4.79 Å². The summed E-state index contributed by atoms with van der Waals surface area (Å²) in [6, 6.07) is 3.43. The molecule has 0 spiro atoms. The van der Waals surface area contributed by atoms with Crippen LogP contribution in [0.25, 0.3) is 0 Å². The van der Waals surface area contributed by atoms with E-state index in [1.165, 1.54) is 6.92 Å². The number of hydrogen-bond acceptors (Lipinski definition) is 5. The van der Waals surface area contributed by atoms with Crippen molar-refractivity contribution in [3.8, 4) is 0 Å². The van der Waals surface area contributed by atoms with Gasteiger partial charge in [0.15, 0.2) is 5.12 Å². The summed E-state index contributed by atoms with van der Waals surface area (Å²) in [6.07, 6.45) is -1.98. The summed E-state index contributed by atoms with van der Waals surface area (Å²) < 4.78 is 0. The number of rotatable bonds is 4. The number of hydrogen-bond donors (Lipinski definition) is 3. The van der Waals surface area contributed by atoms with E-state index in [4.69, 9.17) is 5.73 Å². The highest BCUT2D eigenvalue weighted by Crippen LogP contribution is 2.27. The lowest BCUT2D eigenvalue weighted by Crippen LogP contribution is -2.22. The Labute approximate surface area is 111 Å². The molecule has 1 aromatic carbocycles. The quantitative estimate of drug-likeness (QED) is 0.722. The Morgan fingerprint density at radius 1 is 1.33 bits per heavy atom. The third kappa shape index (κ3) is 3.48. The number of nitrogens with two attached hydrogens (primary N) is 1. The summed E-state index contributed by atoms with van der Waals surface area (Å²) in [4.78, 5) is 10.8. The van der Waals surface area contributed by atoms with E-state index in [1.807, 2.05) is 13.8 Å². The number of thioether (sulfide) groups is 1. The third-order valence-corrected chi connectivity index (χ3v) is 3.93. The summed E-state index contributed by atoms with van der Waals surface area (Å²) in [5.74, 6) is 0.180. The summed E-state index contributed by atoms with van der Waals surface area (Å²) in [7, 11) is 0. The first kappa shape index (κ1) is 15.0. The highest BCUT2D eigenvalue weighted by molar-refractivity contribution is 8.13. The van der Waals surface area contributed by atoms with Gasteiger partial charge in [0.05, 0.1) is 6.10 Å². The molecule has 0 aliphatic carbocycles. The molecule has 0 radical (unpaired) electrons. The fourth-order valence-corrected chi connectivity index (χ4v) is 2.27. The van der Waals surface area contributed by atoms with E-state index in [9.17, 15) is 15.0 Å². The lowest BCUT2D eigenvalue weighted by Gasteiger charge is -2.20. The minimum absolute atomic E-state index is 0.0774. The van der Waals surface area contributed by atoms with Gasteiger partial charge in [-0.3, -0.25) is 4.79 Å². The lowest BCUT2D eigenvalue weighted by molar-refractivity contribution is -0.109. The van der Waals surface area contributed by atoms with Gasteiger partial charge in [-0.25, -0.2) is 0 Å². The number of carbonyl (C=O) groups excluding carboxylic acids is 1. The first-order chi connectivity index (χ1) is 8.34. The minimum atomic E-state index is -1.00. The van der Waals surface area contributed by atoms with Gasteiger partial charge in [0, 0.05) is 18.4 Å². The maximum atomic E-state index is 10.8. The second-order valence-corrected chi connectivity index (χ2v) is 5.51. The number of benzene rings is 1. The largest absolute Gasteiger partial charge is 0.399 e. The van der Waals surface area contributed by atoms with Crippen LogP contribution < -0.4 is 5.73 Å². The summed E-state index contributed by atoms with van der Waals surface area (Å²) in [5.41, 5.74) is 8.86. The second kappa shape index (κ2) is 6.22. The van der Waals surface area contributed by atoms with E-state index >= 15 is 0 Å². The van der Waals surface area contributed by atoms with Crippen LogP contribution in [0.4, 0.5) is 5.69 Å². The van der Waals surface area contributed by atoms with Crippen LogP contribution in [0, 0.1) is 13.8 Å². The highest BCUT2D eigenvalue weighted by Gasteiger charge is 2.21. The standard InChI is InChI=1S/C13H19NO3S/c1-7-8(2)11(14)5-4-10(7)13(17)12(16)6-18-9(3)15/h4-5,12-13,16-17H,6,14H2,1-3H3. The van der Waals surface area contributed by atoms with Gasteiger partial charge >= 0.3 is 0 Å². The first-order valence-electron chi connectivity index (χ1n) is 5.69. The summed E-state index contributed by atoms with van der Waals surface area (Å²) in [6.45, 7) is 5.16. The molecule has 2 unspecified atom stereocenters. The van der Waals surface area contributed by atoms with Crippen LogP contribution in [0.15, 0.2) is 12.1 Å². The molecule has 100 valence electrons. The zero-order chi connectivity index (χ0) is 13.9.